The normalized spacial score (nSPS) is 10.8. The number of fused-ring (bicyclic) bond motifs is 1. The van der Waals surface area contributed by atoms with Gasteiger partial charge in [-0.05, 0) is 28.1 Å². The van der Waals surface area contributed by atoms with Crippen molar-refractivity contribution in [3.05, 3.63) is 47.6 Å². The molecule has 3 aromatic rings. The number of hydrogen-bond acceptors (Lipinski definition) is 3. The summed E-state index contributed by atoms with van der Waals surface area (Å²) in [6.07, 6.45) is -3.02. The van der Waals surface area contributed by atoms with Crippen LogP contribution in [0.5, 0.6) is 0 Å². The second-order valence-electron chi connectivity index (χ2n) is 3.85. The van der Waals surface area contributed by atoms with Crippen LogP contribution >= 0.6 is 11.3 Å². The topological polar surface area (TPSA) is 25.8 Å². The van der Waals surface area contributed by atoms with Crippen LogP contribution in [-0.2, 0) is 26.3 Å². The van der Waals surface area contributed by atoms with Crippen LogP contribution in [0.4, 0.5) is 13.2 Å². The van der Waals surface area contributed by atoms with E-state index in [0.29, 0.717) is 11.3 Å². The predicted octanol–water partition coefficient (Wildman–Crippen LogP) is 4.81. The Morgan fingerprint density at radius 3 is 2.62 bits per heavy atom. The monoisotopic (exact) mass is 488 g/mol. The van der Waals surface area contributed by atoms with Crippen LogP contribution in [0.2, 0.25) is 0 Å². The Morgan fingerprint density at radius 1 is 1.14 bits per heavy atom. The Labute approximate surface area is 137 Å². The maximum absolute atomic E-state index is 12.7. The van der Waals surface area contributed by atoms with Crippen molar-refractivity contribution < 1.29 is 33.3 Å². The molecule has 0 aliphatic heterocycles. The number of benzene rings is 1. The SMILES string of the molecule is C.FC(F)(F)c1cc[c-]c(-c2ncnc3sccc23)c1.[Ir]. The van der Waals surface area contributed by atoms with Crippen molar-refractivity contribution in [2.75, 3.05) is 0 Å². The van der Waals surface area contributed by atoms with Gasteiger partial charge in [0, 0.05) is 20.1 Å². The molecule has 2 heterocycles. The van der Waals surface area contributed by atoms with Gasteiger partial charge in [-0.3, -0.25) is 4.98 Å². The molecule has 1 radical (unpaired) electrons. The van der Waals surface area contributed by atoms with E-state index in [-0.39, 0.29) is 27.5 Å². The molecule has 0 saturated carbocycles. The fourth-order valence-electron chi connectivity index (χ4n) is 1.78. The number of aromatic nitrogens is 2. The van der Waals surface area contributed by atoms with Crippen LogP contribution in [-0.4, -0.2) is 9.97 Å². The van der Waals surface area contributed by atoms with Gasteiger partial charge in [0.1, 0.15) is 11.2 Å². The Morgan fingerprint density at radius 2 is 1.90 bits per heavy atom. The number of halogens is 3. The number of alkyl halides is 3. The van der Waals surface area contributed by atoms with Gasteiger partial charge in [0.25, 0.3) is 0 Å². The van der Waals surface area contributed by atoms with Crippen molar-refractivity contribution in [2.45, 2.75) is 13.6 Å². The van der Waals surface area contributed by atoms with Gasteiger partial charge in [-0.25, -0.2) is 4.98 Å². The van der Waals surface area contributed by atoms with E-state index >= 15 is 0 Å². The summed E-state index contributed by atoms with van der Waals surface area (Å²) in [5, 5.41) is 2.57. The van der Waals surface area contributed by atoms with Crippen LogP contribution in [0.3, 0.4) is 0 Å². The van der Waals surface area contributed by atoms with Gasteiger partial charge >= 0.3 is 6.18 Å². The van der Waals surface area contributed by atoms with E-state index in [4.69, 9.17) is 0 Å². The number of nitrogens with zero attached hydrogens (tertiary/aromatic N) is 2. The van der Waals surface area contributed by atoms with Crippen LogP contribution in [0.1, 0.15) is 13.0 Å². The summed E-state index contributed by atoms with van der Waals surface area (Å²) in [5.41, 5.74) is 0.0845. The van der Waals surface area contributed by atoms with Crippen molar-refractivity contribution in [1.82, 2.24) is 9.97 Å². The standard InChI is InChI=1S/C13H6F3N2S.CH4.Ir/c14-13(15,16)9-3-1-2-8(6-9)11-10-4-5-19-12(10)18-7-17-11;;/h1,3-7H;1H4;/q-1;;. The van der Waals surface area contributed by atoms with Crippen molar-refractivity contribution in [3.63, 3.8) is 0 Å². The third-order valence-electron chi connectivity index (χ3n) is 2.65. The molecular formula is C14H10F3IrN2S-. The van der Waals surface area contributed by atoms with E-state index in [0.717, 1.165) is 22.3 Å². The second-order valence-corrected chi connectivity index (χ2v) is 4.75. The van der Waals surface area contributed by atoms with E-state index in [1.54, 1.807) is 6.07 Å². The molecule has 0 aliphatic carbocycles. The molecule has 0 fully saturated rings. The van der Waals surface area contributed by atoms with E-state index < -0.39 is 11.7 Å². The quantitative estimate of drug-likeness (QED) is 0.461. The van der Waals surface area contributed by atoms with E-state index in [1.807, 2.05) is 5.38 Å². The van der Waals surface area contributed by atoms with Crippen LogP contribution < -0.4 is 0 Å². The van der Waals surface area contributed by atoms with Crippen molar-refractivity contribution in [1.29, 1.82) is 0 Å². The Balaban J connectivity index is 0.00000110. The molecule has 2 nitrogen and oxygen atoms in total. The van der Waals surface area contributed by atoms with Gasteiger partial charge in [-0.15, -0.1) is 41.2 Å². The van der Waals surface area contributed by atoms with Crippen molar-refractivity contribution in [3.8, 4) is 11.3 Å². The van der Waals surface area contributed by atoms with E-state index in [1.165, 1.54) is 23.7 Å². The fraction of sp³-hybridized carbons (Fsp3) is 0.143. The predicted molar refractivity (Wildman–Crippen MR) is 73.4 cm³/mol. The zero-order chi connectivity index (χ0) is 13.5. The molecule has 2 aromatic heterocycles. The minimum atomic E-state index is -4.37. The average molecular weight is 488 g/mol. The van der Waals surface area contributed by atoms with Crippen molar-refractivity contribution >= 4 is 21.6 Å². The first kappa shape index (κ1) is 17.8. The third kappa shape index (κ3) is 3.48. The maximum Gasteiger partial charge on any atom is 0.399 e. The molecule has 21 heavy (non-hydrogen) atoms. The molecule has 3 rings (SSSR count). The molecule has 1 aromatic carbocycles. The first-order valence-corrected chi connectivity index (χ1v) is 6.21. The maximum atomic E-state index is 12.7. The summed E-state index contributed by atoms with van der Waals surface area (Å²) in [5.74, 6) is 0. The smallest absolute Gasteiger partial charge is 0.285 e. The van der Waals surface area contributed by atoms with E-state index in [2.05, 4.69) is 16.0 Å². The van der Waals surface area contributed by atoms with Gasteiger partial charge in [-0.2, -0.15) is 13.2 Å². The average Bonchev–Trinajstić information content (AvgIpc) is 2.86. The zero-order valence-corrected chi connectivity index (χ0v) is 12.9. The van der Waals surface area contributed by atoms with Crippen LogP contribution in [0.25, 0.3) is 21.5 Å². The summed E-state index contributed by atoms with van der Waals surface area (Å²) >= 11 is 1.42. The number of hydrogen-bond donors (Lipinski definition) is 0. The molecule has 0 saturated heterocycles. The Hall–Kier alpha value is -1.30. The summed E-state index contributed by atoms with van der Waals surface area (Å²) in [4.78, 5) is 8.89. The minimum absolute atomic E-state index is 0. The molecule has 0 N–H and O–H groups in total. The van der Waals surface area contributed by atoms with Gasteiger partial charge in [0.05, 0.1) is 0 Å². The number of rotatable bonds is 1. The summed E-state index contributed by atoms with van der Waals surface area (Å²) < 4.78 is 38.1. The Bertz CT molecular complexity index is 740. The first-order valence-electron chi connectivity index (χ1n) is 5.33. The largest absolute Gasteiger partial charge is 0.399 e. The van der Waals surface area contributed by atoms with Crippen LogP contribution in [0, 0.1) is 6.07 Å². The molecular weight excluding hydrogens is 477 g/mol. The molecule has 113 valence electrons. The molecule has 0 aliphatic rings. The molecule has 0 bridgehead atoms. The van der Waals surface area contributed by atoms with Gasteiger partial charge in [-0.1, -0.05) is 7.43 Å². The fourth-order valence-corrected chi connectivity index (χ4v) is 2.52. The second kappa shape index (κ2) is 6.64. The summed E-state index contributed by atoms with van der Waals surface area (Å²) in [6, 6.07) is 7.90. The van der Waals surface area contributed by atoms with Crippen molar-refractivity contribution in [2.24, 2.45) is 0 Å². The third-order valence-corrected chi connectivity index (χ3v) is 3.47. The van der Waals surface area contributed by atoms with Gasteiger partial charge < -0.3 is 0 Å². The van der Waals surface area contributed by atoms with E-state index in [9.17, 15) is 13.2 Å². The summed E-state index contributed by atoms with van der Waals surface area (Å²) in [7, 11) is 0. The first-order chi connectivity index (χ1) is 9.05. The molecule has 7 heteroatoms. The molecule has 0 spiro atoms. The summed E-state index contributed by atoms with van der Waals surface area (Å²) in [6.45, 7) is 0. The van der Waals surface area contributed by atoms with Gasteiger partial charge in [0.2, 0.25) is 0 Å². The minimum Gasteiger partial charge on any atom is -0.285 e. The zero-order valence-electron chi connectivity index (χ0n) is 9.73. The van der Waals surface area contributed by atoms with Gasteiger partial charge in [0.15, 0.2) is 0 Å². The molecule has 0 amide bonds. The Kier molecular flexibility index (Phi) is 5.61. The molecule has 0 atom stereocenters. The number of thiophene rings is 1. The molecule has 0 unspecified atom stereocenters. The van der Waals surface area contributed by atoms with Crippen LogP contribution in [0.15, 0.2) is 36.0 Å².